The van der Waals surface area contributed by atoms with Gasteiger partial charge in [-0.1, -0.05) is 12.1 Å². The highest BCUT2D eigenvalue weighted by atomic mass is 32.2. The number of ether oxygens (including phenoxy) is 1. The number of rotatable bonds is 5. The first-order valence-electron chi connectivity index (χ1n) is 7.01. The molecular weight excluding hydrogens is 302 g/mol. The van der Waals surface area contributed by atoms with Crippen LogP contribution in [0.1, 0.15) is 25.2 Å². The van der Waals surface area contributed by atoms with Crippen LogP contribution in [-0.4, -0.2) is 24.3 Å². The number of anilines is 1. The lowest BCUT2D eigenvalue weighted by atomic mass is 10.3. The van der Waals surface area contributed by atoms with Crippen molar-refractivity contribution >= 4 is 15.7 Å². The van der Waals surface area contributed by atoms with Gasteiger partial charge in [0.05, 0.1) is 23.2 Å². The van der Waals surface area contributed by atoms with Crippen LogP contribution in [0.4, 0.5) is 5.69 Å². The van der Waals surface area contributed by atoms with Crippen LogP contribution in [0.15, 0.2) is 29.2 Å². The molecule has 2 aromatic rings. The van der Waals surface area contributed by atoms with E-state index in [9.17, 15) is 8.42 Å². The van der Waals surface area contributed by atoms with E-state index < -0.39 is 10.0 Å². The van der Waals surface area contributed by atoms with Gasteiger partial charge in [0, 0.05) is 7.05 Å². The van der Waals surface area contributed by atoms with Crippen molar-refractivity contribution in [1.82, 2.24) is 9.78 Å². The van der Waals surface area contributed by atoms with Gasteiger partial charge in [0.1, 0.15) is 10.6 Å². The molecule has 0 amide bonds. The smallest absolute Gasteiger partial charge is 0.265 e. The number of nitrogens with zero attached hydrogens (tertiary/aromatic N) is 2. The second kappa shape index (κ2) is 6.00. The molecular formula is C15H21N3O3S. The quantitative estimate of drug-likeness (QED) is 0.918. The predicted octanol–water partition coefficient (Wildman–Crippen LogP) is 2.62. The van der Waals surface area contributed by atoms with Crippen LogP contribution in [0.3, 0.4) is 0 Å². The summed E-state index contributed by atoms with van der Waals surface area (Å²) >= 11 is 0. The summed E-state index contributed by atoms with van der Waals surface area (Å²) in [7, 11) is -2.01. The highest BCUT2D eigenvalue weighted by Crippen LogP contribution is 2.29. The lowest BCUT2D eigenvalue weighted by molar-refractivity contribution is 0.244. The molecule has 0 aliphatic carbocycles. The number of para-hydroxylation sites is 2. The number of hydrogen-bond donors (Lipinski definition) is 1. The zero-order chi connectivity index (χ0) is 16.5. The van der Waals surface area contributed by atoms with Gasteiger partial charge in [-0.2, -0.15) is 5.10 Å². The highest BCUT2D eigenvalue weighted by Gasteiger charge is 2.24. The molecule has 0 unspecified atom stereocenters. The van der Waals surface area contributed by atoms with Crippen LogP contribution in [0.25, 0.3) is 0 Å². The second-order valence-corrected chi connectivity index (χ2v) is 7.01. The SMILES string of the molecule is Cc1nn(C)c(C)c1S(=O)(=O)Nc1ccccc1OC(C)C. The zero-order valence-corrected chi connectivity index (χ0v) is 14.2. The Bertz CT molecular complexity index is 779. The van der Waals surface area contributed by atoms with Crippen molar-refractivity contribution < 1.29 is 13.2 Å². The minimum absolute atomic E-state index is 0.0486. The summed E-state index contributed by atoms with van der Waals surface area (Å²) in [5, 5.41) is 4.16. The van der Waals surface area contributed by atoms with Gasteiger partial charge in [-0.05, 0) is 39.8 Å². The standard InChI is InChI=1S/C15H21N3O3S/c1-10(2)21-14-9-7-6-8-13(14)17-22(19,20)15-11(3)16-18(5)12(15)4/h6-10,17H,1-5H3. The second-order valence-electron chi connectivity index (χ2n) is 5.39. The van der Waals surface area contributed by atoms with Gasteiger partial charge in [-0.3, -0.25) is 9.40 Å². The maximum Gasteiger partial charge on any atom is 0.265 e. The van der Waals surface area contributed by atoms with E-state index in [4.69, 9.17) is 4.74 Å². The number of sulfonamides is 1. The minimum atomic E-state index is -3.73. The molecule has 0 atom stereocenters. The summed E-state index contributed by atoms with van der Waals surface area (Å²) in [5.41, 5.74) is 1.47. The summed E-state index contributed by atoms with van der Waals surface area (Å²) in [6.45, 7) is 7.19. The Morgan fingerprint density at radius 3 is 2.41 bits per heavy atom. The van der Waals surface area contributed by atoms with Crippen molar-refractivity contribution in [3.8, 4) is 5.75 Å². The Morgan fingerprint density at radius 1 is 1.23 bits per heavy atom. The number of aromatic nitrogens is 2. The van der Waals surface area contributed by atoms with Crippen molar-refractivity contribution in [3.63, 3.8) is 0 Å². The van der Waals surface area contributed by atoms with Crippen molar-refractivity contribution in [2.45, 2.75) is 38.7 Å². The maximum absolute atomic E-state index is 12.7. The summed E-state index contributed by atoms with van der Waals surface area (Å²) < 4.78 is 35.1. The molecule has 0 fully saturated rings. The molecule has 0 saturated carbocycles. The monoisotopic (exact) mass is 323 g/mol. The van der Waals surface area contributed by atoms with Gasteiger partial charge in [-0.25, -0.2) is 8.42 Å². The van der Waals surface area contributed by atoms with E-state index in [0.717, 1.165) is 0 Å². The number of nitrogens with one attached hydrogen (secondary N) is 1. The van der Waals surface area contributed by atoms with Crippen LogP contribution in [-0.2, 0) is 17.1 Å². The summed E-state index contributed by atoms with van der Waals surface area (Å²) in [4.78, 5) is 0.203. The van der Waals surface area contributed by atoms with Crippen LogP contribution >= 0.6 is 0 Å². The van der Waals surface area contributed by atoms with Crippen LogP contribution in [0, 0.1) is 13.8 Å². The van der Waals surface area contributed by atoms with Gasteiger partial charge in [0.25, 0.3) is 10.0 Å². The Hall–Kier alpha value is -2.02. The number of aryl methyl sites for hydroxylation is 2. The molecule has 22 heavy (non-hydrogen) atoms. The Labute approximate surface area is 131 Å². The van der Waals surface area contributed by atoms with E-state index in [-0.39, 0.29) is 11.0 Å². The Kier molecular flexibility index (Phi) is 4.46. The first-order valence-corrected chi connectivity index (χ1v) is 8.49. The Balaban J connectivity index is 2.42. The average Bonchev–Trinajstić information content (AvgIpc) is 2.65. The molecule has 0 aliphatic heterocycles. The third-order valence-electron chi connectivity index (χ3n) is 3.21. The molecule has 1 heterocycles. The van der Waals surface area contributed by atoms with E-state index in [0.29, 0.717) is 22.8 Å². The molecule has 1 N–H and O–H groups in total. The number of hydrogen-bond acceptors (Lipinski definition) is 4. The van der Waals surface area contributed by atoms with E-state index >= 15 is 0 Å². The fourth-order valence-corrected chi connectivity index (χ4v) is 3.76. The molecule has 0 bridgehead atoms. The molecule has 120 valence electrons. The minimum Gasteiger partial charge on any atom is -0.489 e. The third-order valence-corrected chi connectivity index (χ3v) is 4.82. The zero-order valence-electron chi connectivity index (χ0n) is 13.4. The molecule has 0 aliphatic rings. The fraction of sp³-hybridized carbons (Fsp3) is 0.400. The van der Waals surface area contributed by atoms with E-state index in [1.165, 1.54) is 0 Å². The van der Waals surface area contributed by atoms with E-state index in [2.05, 4.69) is 9.82 Å². The van der Waals surface area contributed by atoms with E-state index in [1.807, 2.05) is 13.8 Å². The summed E-state index contributed by atoms with van der Waals surface area (Å²) in [5.74, 6) is 0.500. The normalized spacial score (nSPS) is 11.7. The molecule has 0 radical (unpaired) electrons. The molecule has 1 aromatic carbocycles. The maximum atomic E-state index is 12.7. The first-order chi connectivity index (χ1) is 10.2. The molecule has 0 spiro atoms. The van der Waals surface area contributed by atoms with Crippen molar-refractivity contribution in [3.05, 3.63) is 35.7 Å². The van der Waals surface area contributed by atoms with Crippen molar-refractivity contribution in [1.29, 1.82) is 0 Å². The number of benzene rings is 1. The molecule has 1 aromatic heterocycles. The van der Waals surface area contributed by atoms with Crippen molar-refractivity contribution in [2.24, 2.45) is 7.05 Å². The molecule has 6 nitrogen and oxygen atoms in total. The van der Waals surface area contributed by atoms with Gasteiger partial charge >= 0.3 is 0 Å². The van der Waals surface area contributed by atoms with Crippen LogP contribution in [0.2, 0.25) is 0 Å². The van der Waals surface area contributed by atoms with Gasteiger partial charge in [-0.15, -0.1) is 0 Å². The predicted molar refractivity (Wildman–Crippen MR) is 85.7 cm³/mol. The Morgan fingerprint density at radius 2 is 1.86 bits per heavy atom. The van der Waals surface area contributed by atoms with Crippen LogP contribution in [0.5, 0.6) is 5.75 Å². The van der Waals surface area contributed by atoms with E-state index in [1.54, 1.807) is 49.8 Å². The van der Waals surface area contributed by atoms with Gasteiger partial charge in [0.2, 0.25) is 0 Å². The molecule has 7 heteroatoms. The summed E-state index contributed by atoms with van der Waals surface area (Å²) in [6, 6.07) is 6.97. The first kappa shape index (κ1) is 16.4. The van der Waals surface area contributed by atoms with Crippen molar-refractivity contribution in [2.75, 3.05) is 4.72 Å². The molecule has 2 rings (SSSR count). The van der Waals surface area contributed by atoms with Gasteiger partial charge in [0.15, 0.2) is 0 Å². The van der Waals surface area contributed by atoms with Gasteiger partial charge < -0.3 is 4.74 Å². The van der Waals surface area contributed by atoms with Crippen LogP contribution < -0.4 is 9.46 Å². The topological polar surface area (TPSA) is 73.2 Å². The highest BCUT2D eigenvalue weighted by molar-refractivity contribution is 7.92. The fourth-order valence-electron chi connectivity index (χ4n) is 2.25. The lowest BCUT2D eigenvalue weighted by Crippen LogP contribution is -2.16. The third kappa shape index (κ3) is 3.24. The molecule has 0 saturated heterocycles. The lowest BCUT2D eigenvalue weighted by Gasteiger charge is -2.15. The largest absolute Gasteiger partial charge is 0.489 e. The summed E-state index contributed by atoms with van der Waals surface area (Å²) in [6.07, 6.45) is -0.0486. The average molecular weight is 323 g/mol.